The first-order valence-corrected chi connectivity index (χ1v) is 14.7. The Morgan fingerprint density at radius 2 is 1.45 bits per heavy atom. The molecule has 8 heteroatoms. The van der Waals surface area contributed by atoms with Crippen molar-refractivity contribution in [2.24, 2.45) is 0 Å². The number of thioether (sulfide) groups is 1. The van der Waals surface area contributed by atoms with Crippen LogP contribution in [0.5, 0.6) is 0 Å². The molecule has 0 saturated heterocycles. The molecule has 0 N–H and O–H groups in total. The van der Waals surface area contributed by atoms with Gasteiger partial charge in [0.2, 0.25) is 5.91 Å². The van der Waals surface area contributed by atoms with E-state index in [9.17, 15) is 4.79 Å². The van der Waals surface area contributed by atoms with Gasteiger partial charge in [-0.25, -0.2) is 0 Å². The lowest BCUT2D eigenvalue weighted by molar-refractivity contribution is -0.131. The van der Waals surface area contributed by atoms with Crippen LogP contribution in [-0.4, -0.2) is 95.7 Å². The molecule has 0 unspecified atom stereocenters. The van der Waals surface area contributed by atoms with Crippen LogP contribution in [0.15, 0.2) is 35.2 Å². The molecule has 0 fully saturated rings. The van der Waals surface area contributed by atoms with E-state index in [2.05, 4.69) is 44.0 Å². The number of carbonyl (C=O) groups is 1. The van der Waals surface area contributed by atoms with Crippen LogP contribution in [0.25, 0.3) is 6.08 Å². The average Bonchev–Trinajstić information content (AvgIpc) is 2.93. The van der Waals surface area contributed by atoms with Gasteiger partial charge in [0.05, 0.1) is 72.4 Å². The van der Waals surface area contributed by atoms with Gasteiger partial charge >= 0.3 is 0 Å². The van der Waals surface area contributed by atoms with Crippen molar-refractivity contribution in [2.45, 2.75) is 44.4 Å². The number of terminal acetylenes is 1. The molecule has 0 aromatic heterocycles. The van der Waals surface area contributed by atoms with E-state index in [-0.39, 0.29) is 18.9 Å². The van der Waals surface area contributed by atoms with E-state index in [1.54, 1.807) is 4.90 Å². The second-order valence-corrected chi connectivity index (χ2v) is 9.57. The molecular formula is C30H47NO6S. The van der Waals surface area contributed by atoms with Crippen LogP contribution in [0, 0.1) is 12.3 Å². The van der Waals surface area contributed by atoms with Gasteiger partial charge in [0.15, 0.2) is 0 Å². The fraction of sp³-hybridized carbons (Fsp3) is 0.633. The molecule has 0 radical (unpaired) electrons. The van der Waals surface area contributed by atoms with Crippen LogP contribution in [0.3, 0.4) is 0 Å². The number of hydrogen-bond acceptors (Lipinski definition) is 7. The van der Waals surface area contributed by atoms with Crippen LogP contribution in [0.2, 0.25) is 0 Å². The van der Waals surface area contributed by atoms with Gasteiger partial charge < -0.3 is 28.6 Å². The predicted molar refractivity (Wildman–Crippen MR) is 156 cm³/mol. The third-order valence-corrected chi connectivity index (χ3v) is 6.40. The predicted octanol–water partition coefficient (Wildman–Crippen LogP) is 4.94. The summed E-state index contributed by atoms with van der Waals surface area (Å²) in [6.45, 7) is 10.3. The molecule has 0 atom stereocenters. The van der Waals surface area contributed by atoms with Crippen molar-refractivity contribution < 1.29 is 28.5 Å². The molecule has 0 heterocycles. The van der Waals surface area contributed by atoms with E-state index in [0.717, 1.165) is 24.3 Å². The van der Waals surface area contributed by atoms with Crippen LogP contribution in [0.1, 0.15) is 45.1 Å². The van der Waals surface area contributed by atoms with Crippen LogP contribution in [-0.2, 0) is 28.5 Å². The summed E-state index contributed by atoms with van der Waals surface area (Å²) >= 11 is 1.87. The van der Waals surface area contributed by atoms with Gasteiger partial charge in [0.1, 0.15) is 0 Å². The first-order valence-electron chi connectivity index (χ1n) is 13.7. The highest BCUT2D eigenvalue weighted by Gasteiger charge is 2.11. The number of carbonyl (C=O) groups excluding carboxylic acids is 1. The van der Waals surface area contributed by atoms with Crippen molar-refractivity contribution in [2.75, 3.05) is 84.9 Å². The zero-order valence-corrected chi connectivity index (χ0v) is 24.2. The first-order chi connectivity index (χ1) is 18.7. The SMILES string of the molecule is C#CCN(C/C=C/c1ccccc1SCCCC)C(=O)CCOCCOCCOCCOCCOCCC. The summed E-state index contributed by atoms with van der Waals surface area (Å²) in [4.78, 5) is 15.5. The van der Waals surface area contributed by atoms with Crippen molar-refractivity contribution >= 4 is 23.7 Å². The number of unbranched alkanes of at least 4 members (excludes halogenated alkanes) is 1. The monoisotopic (exact) mass is 549 g/mol. The average molecular weight is 550 g/mol. The molecule has 0 bridgehead atoms. The molecule has 0 aliphatic carbocycles. The van der Waals surface area contributed by atoms with Crippen LogP contribution >= 0.6 is 11.8 Å². The molecule has 0 spiro atoms. The van der Waals surface area contributed by atoms with E-state index >= 15 is 0 Å². The molecule has 0 aliphatic rings. The normalized spacial score (nSPS) is 11.2. The van der Waals surface area contributed by atoms with E-state index in [4.69, 9.17) is 30.1 Å². The summed E-state index contributed by atoms with van der Waals surface area (Å²) in [5.41, 5.74) is 1.16. The number of rotatable bonds is 25. The van der Waals surface area contributed by atoms with E-state index < -0.39 is 0 Å². The molecule has 1 aromatic carbocycles. The number of nitrogens with zero attached hydrogens (tertiary/aromatic N) is 1. The maximum Gasteiger partial charge on any atom is 0.225 e. The summed E-state index contributed by atoms with van der Waals surface area (Å²) in [7, 11) is 0. The van der Waals surface area contributed by atoms with Crippen LogP contribution in [0.4, 0.5) is 0 Å². The van der Waals surface area contributed by atoms with Crippen molar-refractivity contribution in [3.05, 3.63) is 35.9 Å². The molecular weight excluding hydrogens is 502 g/mol. The Kier molecular flexibility index (Phi) is 22.9. The Bertz CT molecular complexity index is 782. The highest BCUT2D eigenvalue weighted by molar-refractivity contribution is 7.99. The minimum absolute atomic E-state index is 0.0216. The van der Waals surface area contributed by atoms with Crippen molar-refractivity contribution in [1.29, 1.82) is 0 Å². The molecule has 214 valence electrons. The molecule has 1 rings (SSSR count). The highest BCUT2D eigenvalue weighted by atomic mass is 32.2. The molecule has 1 aromatic rings. The number of hydrogen-bond donors (Lipinski definition) is 0. The smallest absolute Gasteiger partial charge is 0.225 e. The first kappa shape index (κ1) is 34.2. The minimum atomic E-state index is -0.0216. The molecule has 0 saturated carbocycles. The van der Waals surface area contributed by atoms with Gasteiger partial charge in [-0.05, 0) is 30.2 Å². The van der Waals surface area contributed by atoms with Gasteiger partial charge in [0.25, 0.3) is 0 Å². The van der Waals surface area contributed by atoms with Crippen molar-refractivity contribution in [3.8, 4) is 12.3 Å². The van der Waals surface area contributed by atoms with E-state index in [0.29, 0.717) is 66.0 Å². The van der Waals surface area contributed by atoms with Gasteiger partial charge in [-0.1, -0.05) is 56.5 Å². The van der Waals surface area contributed by atoms with Crippen molar-refractivity contribution in [1.82, 2.24) is 4.90 Å². The second-order valence-electron chi connectivity index (χ2n) is 8.43. The minimum Gasteiger partial charge on any atom is -0.379 e. The Morgan fingerprint density at radius 1 is 0.868 bits per heavy atom. The number of amides is 1. The third-order valence-electron chi connectivity index (χ3n) is 5.23. The lowest BCUT2D eigenvalue weighted by atomic mass is 10.2. The maximum absolute atomic E-state index is 12.6. The zero-order chi connectivity index (χ0) is 27.5. The second kappa shape index (κ2) is 25.4. The standard InChI is InChI=1S/C30H47NO6S/c1-4-7-27-38-29-13-9-8-11-28(29)12-10-16-31(15-5-2)30(32)14-18-34-20-22-36-24-26-37-25-23-35-21-19-33-17-6-3/h2,8-13H,4,6-7,14-27H2,1,3H3/b12-10+. The fourth-order valence-corrected chi connectivity index (χ4v) is 4.32. The van der Waals surface area contributed by atoms with Crippen molar-refractivity contribution in [3.63, 3.8) is 0 Å². The van der Waals surface area contributed by atoms with Gasteiger partial charge in [-0.15, -0.1) is 18.2 Å². The summed E-state index contributed by atoms with van der Waals surface area (Å²) < 4.78 is 27.2. The largest absolute Gasteiger partial charge is 0.379 e. The lowest BCUT2D eigenvalue weighted by Gasteiger charge is -2.18. The van der Waals surface area contributed by atoms with Gasteiger partial charge in [-0.3, -0.25) is 4.79 Å². The lowest BCUT2D eigenvalue weighted by Crippen LogP contribution is -2.32. The molecule has 7 nitrogen and oxygen atoms in total. The van der Waals surface area contributed by atoms with Gasteiger partial charge in [0, 0.05) is 18.0 Å². The third kappa shape index (κ3) is 18.4. The van der Waals surface area contributed by atoms with Crippen LogP contribution < -0.4 is 0 Å². The quantitative estimate of drug-likeness (QED) is 0.0973. The maximum atomic E-state index is 12.6. The topological polar surface area (TPSA) is 66.5 Å². The van der Waals surface area contributed by atoms with E-state index in [1.807, 2.05) is 23.9 Å². The summed E-state index contributed by atoms with van der Waals surface area (Å²) in [5, 5.41) is 0. The molecule has 1 amide bonds. The summed E-state index contributed by atoms with van der Waals surface area (Å²) in [6, 6.07) is 8.33. The zero-order valence-electron chi connectivity index (χ0n) is 23.4. The van der Waals surface area contributed by atoms with Gasteiger partial charge in [-0.2, -0.15) is 0 Å². The van der Waals surface area contributed by atoms with E-state index in [1.165, 1.54) is 17.7 Å². The Morgan fingerprint density at radius 3 is 2.03 bits per heavy atom. The fourth-order valence-electron chi connectivity index (χ4n) is 3.19. The Labute approximate surface area is 234 Å². The Balaban J connectivity index is 2.13. The number of ether oxygens (including phenoxy) is 5. The summed E-state index contributed by atoms with van der Waals surface area (Å²) in [5.74, 6) is 3.66. The molecule has 0 aliphatic heterocycles. The Hall–Kier alpha value is -1.86. The number of benzene rings is 1. The highest BCUT2D eigenvalue weighted by Crippen LogP contribution is 2.24. The summed E-state index contributed by atoms with van der Waals surface area (Å²) in [6.07, 6.45) is 13.2. The molecule has 38 heavy (non-hydrogen) atoms.